The van der Waals surface area contributed by atoms with Gasteiger partial charge in [0.15, 0.2) is 0 Å². The molecule has 1 heterocycles. The van der Waals surface area contributed by atoms with Crippen molar-refractivity contribution in [2.45, 2.75) is 38.8 Å². The Morgan fingerprint density at radius 1 is 1.19 bits per heavy atom. The van der Waals surface area contributed by atoms with Crippen LogP contribution in [0, 0.1) is 0 Å². The number of urea groups is 1. The van der Waals surface area contributed by atoms with Crippen LogP contribution >= 0.6 is 0 Å². The van der Waals surface area contributed by atoms with Crippen molar-refractivity contribution in [1.82, 2.24) is 10.2 Å². The summed E-state index contributed by atoms with van der Waals surface area (Å²) >= 11 is 0. The molecule has 1 fully saturated rings. The van der Waals surface area contributed by atoms with Crippen molar-refractivity contribution in [3.05, 3.63) is 35.9 Å². The predicted octanol–water partition coefficient (Wildman–Crippen LogP) is 1.96. The number of amides is 3. The summed E-state index contributed by atoms with van der Waals surface area (Å²) in [6, 6.07) is 8.86. The van der Waals surface area contributed by atoms with Crippen LogP contribution in [0.15, 0.2) is 30.3 Å². The molecular weight excluding hydrogens is 268 g/mol. The molecule has 21 heavy (non-hydrogen) atoms. The minimum Gasteiger partial charge on any atom is -0.374 e. The van der Waals surface area contributed by atoms with E-state index >= 15 is 0 Å². The van der Waals surface area contributed by atoms with Gasteiger partial charge in [-0.05, 0) is 26.3 Å². The highest BCUT2D eigenvalue weighted by atomic mass is 16.5. The van der Waals surface area contributed by atoms with Crippen molar-refractivity contribution in [3.63, 3.8) is 0 Å². The molecule has 1 aromatic carbocycles. The van der Waals surface area contributed by atoms with E-state index in [0.717, 1.165) is 5.56 Å². The van der Waals surface area contributed by atoms with Gasteiger partial charge < -0.3 is 10.1 Å². The number of nitrogens with one attached hydrogen (secondary N) is 1. The SMILES string of the molecule is CC(C)(C)OCCN1C(=O)N[C@@H](Cc2ccccc2)C1=O. The number of benzene rings is 1. The Bertz CT molecular complexity index is 508. The Labute approximate surface area is 125 Å². The van der Waals surface area contributed by atoms with Crippen LogP contribution in [0.25, 0.3) is 0 Å². The highest BCUT2D eigenvalue weighted by molar-refractivity contribution is 6.04. The number of imide groups is 1. The molecule has 0 spiro atoms. The smallest absolute Gasteiger partial charge is 0.324 e. The Hall–Kier alpha value is -1.88. The van der Waals surface area contributed by atoms with Gasteiger partial charge in [0, 0.05) is 6.42 Å². The Morgan fingerprint density at radius 2 is 1.86 bits per heavy atom. The van der Waals surface area contributed by atoms with Crippen LogP contribution in [0.2, 0.25) is 0 Å². The summed E-state index contributed by atoms with van der Waals surface area (Å²) in [5, 5.41) is 2.73. The highest BCUT2D eigenvalue weighted by Crippen LogP contribution is 2.13. The molecule has 5 heteroatoms. The fourth-order valence-corrected chi connectivity index (χ4v) is 2.22. The van der Waals surface area contributed by atoms with E-state index in [9.17, 15) is 9.59 Å². The van der Waals surface area contributed by atoms with Crippen molar-refractivity contribution < 1.29 is 14.3 Å². The molecule has 1 saturated heterocycles. The molecule has 0 radical (unpaired) electrons. The summed E-state index contributed by atoms with van der Waals surface area (Å²) in [7, 11) is 0. The lowest BCUT2D eigenvalue weighted by molar-refractivity contribution is -0.128. The second-order valence-electron chi connectivity index (χ2n) is 6.14. The van der Waals surface area contributed by atoms with Gasteiger partial charge in [-0.15, -0.1) is 0 Å². The van der Waals surface area contributed by atoms with Crippen molar-refractivity contribution >= 4 is 11.9 Å². The monoisotopic (exact) mass is 290 g/mol. The fourth-order valence-electron chi connectivity index (χ4n) is 2.22. The Balaban J connectivity index is 1.91. The minimum absolute atomic E-state index is 0.179. The molecular formula is C16H22N2O3. The largest absolute Gasteiger partial charge is 0.374 e. The van der Waals surface area contributed by atoms with Gasteiger partial charge in [-0.1, -0.05) is 30.3 Å². The van der Waals surface area contributed by atoms with E-state index in [2.05, 4.69) is 5.32 Å². The molecule has 0 unspecified atom stereocenters. The van der Waals surface area contributed by atoms with Gasteiger partial charge in [-0.3, -0.25) is 9.69 Å². The summed E-state index contributed by atoms with van der Waals surface area (Å²) in [5.74, 6) is -0.179. The van der Waals surface area contributed by atoms with Crippen LogP contribution in [-0.4, -0.2) is 41.6 Å². The van der Waals surface area contributed by atoms with E-state index in [1.54, 1.807) is 0 Å². The Morgan fingerprint density at radius 3 is 2.48 bits per heavy atom. The van der Waals surface area contributed by atoms with Crippen molar-refractivity contribution in [3.8, 4) is 0 Å². The molecule has 114 valence electrons. The first kappa shape index (κ1) is 15.5. The average molecular weight is 290 g/mol. The van der Waals surface area contributed by atoms with Gasteiger partial charge in [-0.2, -0.15) is 0 Å². The zero-order valence-electron chi connectivity index (χ0n) is 12.8. The zero-order valence-corrected chi connectivity index (χ0v) is 12.8. The molecule has 5 nitrogen and oxygen atoms in total. The molecule has 1 aromatic rings. The summed E-state index contributed by atoms with van der Waals surface area (Å²) < 4.78 is 5.57. The van der Waals surface area contributed by atoms with Gasteiger partial charge >= 0.3 is 6.03 Å². The molecule has 1 N–H and O–H groups in total. The maximum absolute atomic E-state index is 12.3. The van der Waals surface area contributed by atoms with E-state index < -0.39 is 6.04 Å². The number of hydrogen-bond acceptors (Lipinski definition) is 3. The van der Waals surface area contributed by atoms with E-state index in [4.69, 9.17) is 4.74 Å². The third-order valence-corrected chi connectivity index (χ3v) is 3.24. The average Bonchev–Trinajstić information content (AvgIpc) is 2.66. The molecule has 2 rings (SSSR count). The van der Waals surface area contributed by atoms with Gasteiger partial charge in [0.1, 0.15) is 6.04 Å². The molecule has 0 aromatic heterocycles. The third kappa shape index (κ3) is 4.29. The third-order valence-electron chi connectivity index (χ3n) is 3.24. The fraction of sp³-hybridized carbons (Fsp3) is 0.500. The minimum atomic E-state index is -0.477. The second-order valence-corrected chi connectivity index (χ2v) is 6.14. The van der Waals surface area contributed by atoms with E-state index in [-0.39, 0.29) is 24.1 Å². The lowest BCUT2D eigenvalue weighted by atomic mass is 10.1. The van der Waals surface area contributed by atoms with E-state index in [1.165, 1.54) is 4.90 Å². The first-order valence-corrected chi connectivity index (χ1v) is 7.16. The highest BCUT2D eigenvalue weighted by Gasteiger charge is 2.37. The standard InChI is InChI=1S/C16H22N2O3/c1-16(2,3)21-10-9-18-14(19)13(17-15(18)20)11-12-7-5-4-6-8-12/h4-8,13H,9-11H2,1-3H3,(H,17,20)/t13-/m0/s1. The van der Waals surface area contributed by atoms with Gasteiger partial charge in [0.25, 0.3) is 5.91 Å². The topological polar surface area (TPSA) is 58.6 Å². The lowest BCUT2D eigenvalue weighted by Crippen LogP contribution is -2.36. The zero-order chi connectivity index (χ0) is 15.5. The van der Waals surface area contributed by atoms with E-state index in [0.29, 0.717) is 13.0 Å². The summed E-state index contributed by atoms with van der Waals surface area (Å²) in [5.41, 5.74) is 0.756. The Kier molecular flexibility index (Phi) is 4.63. The molecule has 1 aliphatic rings. The molecule has 1 aliphatic heterocycles. The molecule has 0 saturated carbocycles. The second kappa shape index (κ2) is 6.26. The van der Waals surface area contributed by atoms with Gasteiger partial charge in [0.2, 0.25) is 0 Å². The quantitative estimate of drug-likeness (QED) is 0.843. The van der Waals surface area contributed by atoms with Crippen molar-refractivity contribution in [2.75, 3.05) is 13.2 Å². The van der Waals surface area contributed by atoms with Crippen LogP contribution < -0.4 is 5.32 Å². The van der Waals surface area contributed by atoms with E-state index in [1.807, 2.05) is 51.1 Å². The molecule has 0 bridgehead atoms. The van der Waals surface area contributed by atoms with Crippen molar-refractivity contribution in [2.24, 2.45) is 0 Å². The van der Waals surface area contributed by atoms with Gasteiger partial charge in [-0.25, -0.2) is 4.79 Å². The number of rotatable bonds is 5. The molecule has 1 atom stereocenters. The summed E-state index contributed by atoms with van der Waals surface area (Å²) in [4.78, 5) is 25.4. The number of ether oxygens (including phenoxy) is 1. The number of carbonyl (C=O) groups is 2. The maximum Gasteiger partial charge on any atom is 0.324 e. The number of carbonyl (C=O) groups excluding carboxylic acids is 2. The summed E-state index contributed by atoms with van der Waals surface area (Å²) in [6.45, 7) is 6.46. The first-order chi connectivity index (χ1) is 9.87. The van der Waals surface area contributed by atoms with Crippen LogP contribution in [-0.2, 0) is 16.0 Å². The van der Waals surface area contributed by atoms with Crippen LogP contribution in [0.4, 0.5) is 4.79 Å². The van der Waals surface area contributed by atoms with Crippen LogP contribution in [0.3, 0.4) is 0 Å². The maximum atomic E-state index is 12.3. The molecule has 3 amide bonds. The lowest BCUT2D eigenvalue weighted by Gasteiger charge is -2.21. The van der Waals surface area contributed by atoms with Crippen molar-refractivity contribution in [1.29, 1.82) is 0 Å². The predicted molar refractivity (Wildman–Crippen MR) is 79.9 cm³/mol. The number of nitrogens with zero attached hydrogens (tertiary/aromatic N) is 1. The van der Waals surface area contributed by atoms with Crippen LogP contribution in [0.1, 0.15) is 26.3 Å². The van der Waals surface area contributed by atoms with Crippen LogP contribution in [0.5, 0.6) is 0 Å². The first-order valence-electron chi connectivity index (χ1n) is 7.16. The van der Waals surface area contributed by atoms with Gasteiger partial charge in [0.05, 0.1) is 18.8 Å². The normalized spacial score (nSPS) is 19.0. The summed E-state index contributed by atoms with van der Waals surface area (Å²) in [6.07, 6.45) is 0.516. The molecule has 0 aliphatic carbocycles. The number of hydrogen-bond donors (Lipinski definition) is 1.